The van der Waals surface area contributed by atoms with Crippen LogP contribution >= 0.6 is 0 Å². The summed E-state index contributed by atoms with van der Waals surface area (Å²) < 4.78 is 11.7. The molecule has 0 spiro atoms. The number of hydrogen-bond donors (Lipinski definition) is 0. The average molecular weight is 379 g/mol. The van der Waals surface area contributed by atoms with Crippen molar-refractivity contribution in [2.24, 2.45) is 10.8 Å². The maximum absolute atomic E-state index is 5.86. The fourth-order valence-electron chi connectivity index (χ4n) is 4.88. The summed E-state index contributed by atoms with van der Waals surface area (Å²) in [4.78, 5) is 0. The minimum absolute atomic E-state index is 0.445. The van der Waals surface area contributed by atoms with E-state index in [0.29, 0.717) is 35.9 Å². The Kier molecular flexibility index (Phi) is 5.16. The zero-order valence-corrected chi connectivity index (χ0v) is 17.8. The van der Waals surface area contributed by atoms with Gasteiger partial charge in [0.15, 0.2) is 0 Å². The van der Waals surface area contributed by atoms with Crippen LogP contribution in [0.15, 0.2) is 48.5 Å². The highest BCUT2D eigenvalue weighted by molar-refractivity contribution is 5.33. The molecule has 0 bridgehead atoms. The van der Waals surface area contributed by atoms with E-state index in [0.717, 1.165) is 11.5 Å². The van der Waals surface area contributed by atoms with E-state index in [2.05, 4.69) is 76.2 Å². The van der Waals surface area contributed by atoms with Crippen LogP contribution in [0, 0.1) is 10.8 Å². The van der Waals surface area contributed by atoms with Crippen molar-refractivity contribution >= 4 is 0 Å². The lowest BCUT2D eigenvalue weighted by Gasteiger charge is -2.45. The summed E-state index contributed by atoms with van der Waals surface area (Å²) in [5, 5.41) is 0. The van der Waals surface area contributed by atoms with Crippen LogP contribution in [-0.4, -0.2) is 13.2 Å². The molecule has 2 unspecified atom stereocenters. The van der Waals surface area contributed by atoms with E-state index in [1.807, 2.05) is 0 Å². The van der Waals surface area contributed by atoms with Gasteiger partial charge in [0.05, 0.1) is 0 Å². The largest absolute Gasteiger partial charge is 0.490 e. The van der Waals surface area contributed by atoms with Gasteiger partial charge in [0.25, 0.3) is 0 Å². The van der Waals surface area contributed by atoms with Crippen LogP contribution in [0.1, 0.15) is 76.3 Å². The maximum Gasteiger partial charge on any atom is 0.122 e. The highest BCUT2D eigenvalue weighted by Crippen LogP contribution is 2.53. The molecular formula is C26H34O2. The van der Waals surface area contributed by atoms with Gasteiger partial charge in [-0.2, -0.15) is 0 Å². The number of benzene rings is 2. The third-order valence-electron chi connectivity index (χ3n) is 7.23. The van der Waals surface area contributed by atoms with E-state index in [4.69, 9.17) is 9.47 Å². The van der Waals surface area contributed by atoms with Gasteiger partial charge in [-0.15, -0.1) is 0 Å². The molecule has 28 heavy (non-hydrogen) atoms. The first-order valence-electron chi connectivity index (χ1n) is 10.8. The van der Waals surface area contributed by atoms with Gasteiger partial charge in [-0.1, -0.05) is 52.0 Å². The standard InChI is InChI=1S/C26H34O2/c1-25(2)15-13-23(25)19-5-9-21(10-6-19)27-17-18-28-22-11-7-20(8-12-22)24-14-16-26(24,3)4/h5-12,23-24H,13-18H2,1-4H3. The second kappa shape index (κ2) is 7.46. The number of ether oxygens (including phenoxy) is 2. The molecule has 0 N–H and O–H groups in total. The Morgan fingerprint density at radius 2 is 1.00 bits per heavy atom. The summed E-state index contributed by atoms with van der Waals surface area (Å²) in [6.45, 7) is 10.6. The Morgan fingerprint density at radius 1 is 0.643 bits per heavy atom. The SMILES string of the molecule is CC1(C)CCC1c1ccc(OCCOc2ccc(C3CCC3(C)C)cc2)cc1. The van der Waals surface area contributed by atoms with Gasteiger partial charge in [0.2, 0.25) is 0 Å². The molecule has 0 saturated heterocycles. The lowest BCUT2D eigenvalue weighted by Crippen LogP contribution is -2.32. The third-order valence-corrected chi connectivity index (χ3v) is 7.23. The monoisotopic (exact) mass is 378 g/mol. The van der Waals surface area contributed by atoms with Crippen LogP contribution in [0.2, 0.25) is 0 Å². The molecule has 2 aromatic rings. The van der Waals surface area contributed by atoms with Crippen LogP contribution in [0.4, 0.5) is 0 Å². The molecule has 0 amide bonds. The zero-order valence-electron chi connectivity index (χ0n) is 17.8. The van der Waals surface area contributed by atoms with Gasteiger partial charge in [-0.25, -0.2) is 0 Å². The fourth-order valence-corrected chi connectivity index (χ4v) is 4.88. The van der Waals surface area contributed by atoms with E-state index in [1.54, 1.807) is 0 Å². The minimum Gasteiger partial charge on any atom is -0.490 e. The molecule has 0 heterocycles. The van der Waals surface area contributed by atoms with Crippen molar-refractivity contribution < 1.29 is 9.47 Å². The Morgan fingerprint density at radius 3 is 1.25 bits per heavy atom. The Hall–Kier alpha value is -1.96. The van der Waals surface area contributed by atoms with Crippen LogP contribution in [0.5, 0.6) is 11.5 Å². The molecule has 0 aliphatic heterocycles. The molecule has 4 rings (SSSR count). The summed E-state index contributed by atoms with van der Waals surface area (Å²) in [6.07, 6.45) is 5.26. The third kappa shape index (κ3) is 3.92. The Balaban J connectivity index is 1.21. The number of hydrogen-bond acceptors (Lipinski definition) is 2. The summed E-state index contributed by atoms with van der Waals surface area (Å²) in [5.74, 6) is 3.23. The molecular weight excluding hydrogens is 344 g/mol. The van der Waals surface area contributed by atoms with Crippen molar-refractivity contribution in [3.63, 3.8) is 0 Å². The van der Waals surface area contributed by atoms with Crippen LogP contribution in [-0.2, 0) is 0 Å². The van der Waals surface area contributed by atoms with E-state index in [9.17, 15) is 0 Å². The molecule has 2 fully saturated rings. The zero-order chi connectivity index (χ0) is 19.8. The quantitative estimate of drug-likeness (QED) is 0.485. The van der Waals surface area contributed by atoms with Gasteiger partial charge in [-0.05, 0) is 83.7 Å². The predicted molar refractivity (Wildman–Crippen MR) is 115 cm³/mol. The fraction of sp³-hybridized carbons (Fsp3) is 0.538. The summed E-state index contributed by atoms with van der Waals surface area (Å²) in [5.41, 5.74) is 3.77. The molecule has 2 aliphatic rings. The molecule has 150 valence electrons. The second-order valence-corrected chi connectivity index (χ2v) is 9.99. The molecule has 0 radical (unpaired) electrons. The second-order valence-electron chi connectivity index (χ2n) is 9.99. The van der Waals surface area contributed by atoms with Gasteiger partial charge in [-0.3, -0.25) is 0 Å². The summed E-state index contributed by atoms with van der Waals surface area (Å²) >= 11 is 0. The van der Waals surface area contributed by atoms with Crippen LogP contribution < -0.4 is 9.47 Å². The van der Waals surface area contributed by atoms with E-state index < -0.39 is 0 Å². The van der Waals surface area contributed by atoms with Crippen molar-refractivity contribution in [3.8, 4) is 11.5 Å². The van der Waals surface area contributed by atoms with Crippen molar-refractivity contribution in [1.82, 2.24) is 0 Å². The topological polar surface area (TPSA) is 18.5 Å². The van der Waals surface area contributed by atoms with Crippen molar-refractivity contribution in [2.75, 3.05) is 13.2 Å². The van der Waals surface area contributed by atoms with Crippen molar-refractivity contribution in [3.05, 3.63) is 59.7 Å². The van der Waals surface area contributed by atoms with Gasteiger partial charge in [0, 0.05) is 0 Å². The maximum atomic E-state index is 5.86. The molecule has 2 saturated carbocycles. The van der Waals surface area contributed by atoms with Crippen LogP contribution in [0.25, 0.3) is 0 Å². The first kappa shape index (κ1) is 19.4. The Labute approximate surface area is 170 Å². The summed E-state index contributed by atoms with van der Waals surface area (Å²) in [7, 11) is 0. The first-order chi connectivity index (χ1) is 13.4. The molecule has 2 aromatic carbocycles. The van der Waals surface area contributed by atoms with Crippen LogP contribution in [0.3, 0.4) is 0 Å². The minimum atomic E-state index is 0.445. The highest BCUT2D eigenvalue weighted by atomic mass is 16.5. The lowest BCUT2D eigenvalue weighted by molar-refractivity contribution is 0.139. The lowest BCUT2D eigenvalue weighted by atomic mass is 9.60. The average Bonchev–Trinajstić information content (AvgIpc) is 2.66. The van der Waals surface area contributed by atoms with E-state index in [1.165, 1.54) is 36.8 Å². The predicted octanol–water partition coefficient (Wildman–Crippen LogP) is 6.95. The number of rotatable bonds is 7. The molecule has 2 nitrogen and oxygen atoms in total. The molecule has 2 heteroatoms. The normalized spacial score (nSPS) is 24.7. The summed E-state index contributed by atoms with van der Waals surface area (Å²) in [6, 6.07) is 17.3. The van der Waals surface area contributed by atoms with Gasteiger partial charge in [0.1, 0.15) is 24.7 Å². The highest BCUT2D eigenvalue weighted by Gasteiger charge is 2.39. The van der Waals surface area contributed by atoms with Crippen molar-refractivity contribution in [2.45, 2.75) is 65.2 Å². The molecule has 0 aromatic heterocycles. The molecule has 2 aliphatic carbocycles. The van der Waals surface area contributed by atoms with E-state index in [-0.39, 0.29) is 0 Å². The first-order valence-corrected chi connectivity index (χ1v) is 10.8. The Bertz CT molecular complexity index is 717. The van der Waals surface area contributed by atoms with E-state index >= 15 is 0 Å². The van der Waals surface area contributed by atoms with Crippen molar-refractivity contribution in [1.29, 1.82) is 0 Å². The smallest absolute Gasteiger partial charge is 0.122 e. The van der Waals surface area contributed by atoms with Gasteiger partial charge >= 0.3 is 0 Å². The molecule has 2 atom stereocenters. The van der Waals surface area contributed by atoms with Gasteiger partial charge < -0.3 is 9.47 Å².